The van der Waals surface area contributed by atoms with E-state index in [2.05, 4.69) is 21.2 Å². The summed E-state index contributed by atoms with van der Waals surface area (Å²) in [5, 5.41) is 2.85. The molecule has 0 aliphatic rings. The maximum absolute atomic E-state index is 12.0. The van der Waals surface area contributed by atoms with Crippen LogP contribution in [-0.2, 0) is 11.3 Å². The van der Waals surface area contributed by atoms with Crippen molar-refractivity contribution in [2.45, 2.75) is 23.6 Å². The van der Waals surface area contributed by atoms with Crippen LogP contribution in [0.4, 0.5) is 0 Å². The van der Waals surface area contributed by atoms with Crippen LogP contribution >= 0.6 is 27.7 Å². The van der Waals surface area contributed by atoms with Gasteiger partial charge in [0.15, 0.2) is 0 Å². The van der Waals surface area contributed by atoms with E-state index in [9.17, 15) is 4.79 Å². The molecule has 0 fully saturated rings. The number of thioether (sulfide) groups is 1. The zero-order valence-corrected chi connectivity index (χ0v) is 13.6. The lowest BCUT2D eigenvalue weighted by Gasteiger charge is -2.12. The summed E-state index contributed by atoms with van der Waals surface area (Å²) in [6.07, 6.45) is 0. The van der Waals surface area contributed by atoms with Crippen molar-refractivity contribution < 1.29 is 4.79 Å². The number of halogens is 1. The van der Waals surface area contributed by atoms with Gasteiger partial charge in [0.25, 0.3) is 0 Å². The van der Waals surface area contributed by atoms with Gasteiger partial charge in [0.2, 0.25) is 5.91 Å². The van der Waals surface area contributed by atoms with E-state index < -0.39 is 0 Å². The first-order chi connectivity index (χ1) is 9.65. The topological polar surface area (TPSA) is 29.1 Å². The van der Waals surface area contributed by atoms with Crippen molar-refractivity contribution >= 4 is 33.6 Å². The molecule has 2 aromatic carbocycles. The maximum atomic E-state index is 12.0. The second-order valence-electron chi connectivity index (χ2n) is 4.42. The molecule has 1 amide bonds. The fourth-order valence-corrected chi connectivity index (χ4v) is 2.86. The van der Waals surface area contributed by atoms with Gasteiger partial charge in [0.05, 0.1) is 5.25 Å². The Labute approximate surface area is 132 Å². The third-order valence-corrected chi connectivity index (χ3v) is 4.45. The monoisotopic (exact) mass is 349 g/mol. The van der Waals surface area contributed by atoms with Gasteiger partial charge < -0.3 is 5.32 Å². The van der Waals surface area contributed by atoms with Crippen LogP contribution < -0.4 is 5.32 Å². The Bertz CT molecular complexity index is 556. The van der Waals surface area contributed by atoms with Crippen molar-refractivity contribution in [3.05, 3.63) is 64.6 Å². The Morgan fingerprint density at radius 1 is 1.15 bits per heavy atom. The number of benzene rings is 2. The van der Waals surface area contributed by atoms with Crippen molar-refractivity contribution in [2.24, 2.45) is 0 Å². The molecule has 0 spiro atoms. The Hall–Kier alpha value is -1.26. The van der Waals surface area contributed by atoms with Gasteiger partial charge in [0.1, 0.15) is 0 Å². The molecule has 0 heterocycles. The Balaban J connectivity index is 1.84. The van der Waals surface area contributed by atoms with E-state index in [1.165, 1.54) is 0 Å². The highest BCUT2D eigenvalue weighted by Gasteiger charge is 2.13. The van der Waals surface area contributed by atoms with Crippen LogP contribution in [0.5, 0.6) is 0 Å². The normalized spacial score (nSPS) is 11.9. The quantitative estimate of drug-likeness (QED) is 0.817. The molecule has 4 heteroatoms. The highest BCUT2D eigenvalue weighted by molar-refractivity contribution is 9.10. The second-order valence-corrected chi connectivity index (χ2v) is 6.75. The summed E-state index contributed by atoms with van der Waals surface area (Å²) in [6.45, 7) is 2.50. The lowest BCUT2D eigenvalue weighted by atomic mass is 10.2. The van der Waals surface area contributed by atoms with Crippen molar-refractivity contribution in [1.82, 2.24) is 5.32 Å². The molecule has 2 aromatic rings. The van der Waals surface area contributed by atoms with Gasteiger partial charge in [-0.2, -0.15) is 0 Å². The second kappa shape index (κ2) is 7.50. The van der Waals surface area contributed by atoms with Gasteiger partial charge in [-0.25, -0.2) is 0 Å². The smallest absolute Gasteiger partial charge is 0.233 e. The third kappa shape index (κ3) is 4.69. The van der Waals surface area contributed by atoms with Crippen LogP contribution in [0.3, 0.4) is 0 Å². The molecule has 0 saturated carbocycles. The van der Waals surface area contributed by atoms with Gasteiger partial charge in [0, 0.05) is 15.9 Å². The van der Waals surface area contributed by atoms with Crippen LogP contribution in [-0.4, -0.2) is 11.2 Å². The molecular formula is C16H16BrNOS. The molecule has 0 saturated heterocycles. The molecule has 1 N–H and O–H groups in total. The zero-order chi connectivity index (χ0) is 14.4. The lowest BCUT2D eigenvalue weighted by Crippen LogP contribution is -2.30. The summed E-state index contributed by atoms with van der Waals surface area (Å²) >= 11 is 4.97. The van der Waals surface area contributed by atoms with Crippen molar-refractivity contribution in [1.29, 1.82) is 0 Å². The molecule has 0 aliphatic carbocycles. The van der Waals surface area contributed by atoms with E-state index in [0.717, 1.165) is 14.9 Å². The minimum atomic E-state index is -0.111. The van der Waals surface area contributed by atoms with Crippen LogP contribution in [0, 0.1) is 0 Å². The molecule has 0 unspecified atom stereocenters. The summed E-state index contributed by atoms with van der Waals surface area (Å²) in [7, 11) is 0. The van der Waals surface area contributed by atoms with Crippen molar-refractivity contribution in [2.75, 3.05) is 0 Å². The molecule has 20 heavy (non-hydrogen) atoms. The summed E-state index contributed by atoms with van der Waals surface area (Å²) in [5.74, 6) is 0.0572. The number of nitrogens with one attached hydrogen (secondary N) is 1. The maximum Gasteiger partial charge on any atom is 0.233 e. The Kier molecular flexibility index (Phi) is 5.68. The SMILES string of the molecule is C[C@@H](Sc1ccc(Br)cc1)C(=O)NCc1ccccc1. The zero-order valence-electron chi connectivity index (χ0n) is 11.2. The lowest BCUT2D eigenvalue weighted by molar-refractivity contribution is -0.120. The van der Waals surface area contributed by atoms with Crippen LogP contribution in [0.15, 0.2) is 64.0 Å². The van der Waals surface area contributed by atoms with Crippen molar-refractivity contribution in [3.63, 3.8) is 0 Å². The predicted octanol–water partition coefficient (Wildman–Crippen LogP) is 4.25. The molecule has 0 aliphatic heterocycles. The van der Waals surface area contributed by atoms with Crippen molar-refractivity contribution in [3.8, 4) is 0 Å². The fourth-order valence-electron chi connectivity index (χ4n) is 1.70. The predicted molar refractivity (Wildman–Crippen MR) is 87.7 cm³/mol. The highest BCUT2D eigenvalue weighted by Crippen LogP contribution is 2.24. The third-order valence-electron chi connectivity index (χ3n) is 2.81. The van der Waals surface area contributed by atoms with Gasteiger partial charge in [-0.15, -0.1) is 11.8 Å². The average molecular weight is 350 g/mol. The summed E-state index contributed by atoms with van der Waals surface area (Å²) in [5.41, 5.74) is 1.11. The molecule has 2 rings (SSSR count). The van der Waals surface area contributed by atoms with E-state index in [1.807, 2.05) is 61.5 Å². The standard InChI is InChI=1S/C16H16BrNOS/c1-12(20-15-9-7-14(17)8-10-15)16(19)18-11-13-5-3-2-4-6-13/h2-10,12H,11H2,1H3,(H,18,19)/t12-/m1/s1. The summed E-state index contributed by atoms with van der Waals surface area (Å²) in [4.78, 5) is 13.1. The van der Waals surface area contributed by atoms with Gasteiger partial charge >= 0.3 is 0 Å². The molecule has 104 valence electrons. The number of carbonyl (C=O) groups excluding carboxylic acids is 1. The Morgan fingerprint density at radius 3 is 2.45 bits per heavy atom. The number of rotatable bonds is 5. The Morgan fingerprint density at radius 2 is 1.80 bits per heavy atom. The number of hydrogen-bond acceptors (Lipinski definition) is 2. The van der Waals surface area contributed by atoms with Gasteiger partial charge in [-0.3, -0.25) is 4.79 Å². The van der Waals surface area contributed by atoms with Gasteiger partial charge in [-0.1, -0.05) is 46.3 Å². The summed E-state index contributed by atoms with van der Waals surface area (Å²) < 4.78 is 1.04. The summed E-state index contributed by atoms with van der Waals surface area (Å²) in [6, 6.07) is 17.9. The van der Waals surface area contributed by atoms with E-state index in [-0.39, 0.29) is 11.2 Å². The number of amides is 1. The van der Waals surface area contributed by atoms with Crippen LogP contribution in [0.2, 0.25) is 0 Å². The van der Waals surface area contributed by atoms with Crippen LogP contribution in [0.25, 0.3) is 0 Å². The molecule has 0 aromatic heterocycles. The van der Waals surface area contributed by atoms with E-state index in [4.69, 9.17) is 0 Å². The van der Waals surface area contributed by atoms with E-state index >= 15 is 0 Å². The fraction of sp³-hybridized carbons (Fsp3) is 0.188. The molecular weight excluding hydrogens is 334 g/mol. The number of carbonyl (C=O) groups is 1. The first-order valence-corrected chi connectivity index (χ1v) is 8.06. The minimum Gasteiger partial charge on any atom is -0.351 e. The minimum absolute atomic E-state index is 0.0572. The molecule has 2 nitrogen and oxygen atoms in total. The van der Waals surface area contributed by atoms with Crippen LogP contribution in [0.1, 0.15) is 12.5 Å². The largest absolute Gasteiger partial charge is 0.351 e. The van der Waals surface area contributed by atoms with Gasteiger partial charge in [-0.05, 0) is 36.8 Å². The molecule has 0 radical (unpaired) electrons. The molecule has 1 atom stereocenters. The molecule has 0 bridgehead atoms. The number of hydrogen-bond donors (Lipinski definition) is 1. The first kappa shape index (κ1) is 15.1. The highest BCUT2D eigenvalue weighted by atomic mass is 79.9. The first-order valence-electron chi connectivity index (χ1n) is 6.39. The van der Waals surface area contributed by atoms with E-state index in [0.29, 0.717) is 6.54 Å². The van der Waals surface area contributed by atoms with E-state index in [1.54, 1.807) is 11.8 Å². The average Bonchev–Trinajstić information content (AvgIpc) is 2.48.